The van der Waals surface area contributed by atoms with Gasteiger partial charge in [0.15, 0.2) is 0 Å². The number of hydrogen-bond donors (Lipinski definition) is 1. The molecule has 1 aromatic rings. The topological polar surface area (TPSA) is 66.8 Å². The van der Waals surface area contributed by atoms with Crippen molar-refractivity contribution in [1.29, 1.82) is 0 Å². The highest BCUT2D eigenvalue weighted by Gasteiger charge is 2.25. The molecule has 1 aromatic carbocycles. The number of hydrogen-bond acceptors (Lipinski definition) is 4. The average molecular weight is 287 g/mol. The number of likely N-dealkylation sites (N-methyl/N-ethyl adjacent to an activating group) is 1. The van der Waals surface area contributed by atoms with E-state index in [0.29, 0.717) is 12.2 Å². The lowest BCUT2D eigenvalue weighted by molar-refractivity contribution is 0.149. The highest BCUT2D eigenvalue weighted by atomic mass is 32.2. The lowest BCUT2D eigenvalue weighted by atomic mass is 10.1. The van der Waals surface area contributed by atoms with Gasteiger partial charge in [-0.3, -0.25) is 0 Å². The van der Waals surface area contributed by atoms with E-state index in [1.54, 1.807) is 26.0 Å². The highest BCUT2D eigenvalue weighted by Crippen LogP contribution is 2.19. The number of sulfonamides is 1. The molecular weight excluding hydrogens is 266 g/mol. The van der Waals surface area contributed by atoms with Gasteiger partial charge in [0.2, 0.25) is 10.0 Å². The Hall–Kier alpha value is -0.950. The number of methoxy groups -OCH3 is 1. The second kappa shape index (κ2) is 6.47. The van der Waals surface area contributed by atoms with Crippen LogP contribution in [0.5, 0.6) is 0 Å². The van der Waals surface area contributed by atoms with Gasteiger partial charge < -0.3 is 9.84 Å². The van der Waals surface area contributed by atoms with Crippen molar-refractivity contribution < 1.29 is 18.3 Å². The van der Waals surface area contributed by atoms with Crippen molar-refractivity contribution in [2.24, 2.45) is 0 Å². The first-order valence-electron chi connectivity index (χ1n) is 6.05. The quantitative estimate of drug-likeness (QED) is 0.858. The van der Waals surface area contributed by atoms with Crippen LogP contribution in [0.25, 0.3) is 0 Å². The molecule has 19 heavy (non-hydrogen) atoms. The van der Waals surface area contributed by atoms with E-state index in [2.05, 4.69) is 0 Å². The number of ether oxygens (including phenoxy) is 1. The van der Waals surface area contributed by atoms with Crippen LogP contribution in [0.15, 0.2) is 29.2 Å². The van der Waals surface area contributed by atoms with Gasteiger partial charge in [0.05, 0.1) is 17.6 Å². The number of rotatable bonds is 6. The molecule has 2 atom stereocenters. The van der Waals surface area contributed by atoms with Gasteiger partial charge in [-0.15, -0.1) is 0 Å². The summed E-state index contributed by atoms with van der Waals surface area (Å²) in [6.07, 6.45) is -0.609. The van der Waals surface area contributed by atoms with E-state index >= 15 is 0 Å². The molecule has 0 aliphatic carbocycles. The second-order valence-electron chi connectivity index (χ2n) is 4.57. The molecule has 5 nitrogen and oxygen atoms in total. The van der Waals surface area contributed by atoms with Crippen LogP contribution in [-0.2, 0) is 14.8 Å². The number of nitrogens with zero attached hydrogens (tertiary/aromatic N) is 1. The minimum atomic E-state index is -3.53. The molecule has 0 bridgehead atoms. The van der Waals surface area contributed by atoms with Crippen molar-refractivity contribution in [2.75, 3.05) is 20.8 Å². The predicted octanol–water partition coefficient (Wildman–Crippen LogP) is 1.40. The fourth-order valence-electron chi connectivity index (χ4n) is 1.67. The van der Waals surface area contributed by atoms with Crippen LogP contribution in [-0.4, -0.2) is 44.6 Å². The maximum atomic E-state index is 12.3. The molecule has 6 heteroatoms. The largest absolute Gasteiger partial charge is 0.389 e. The monoisotopic (exact) mass is 287 g/mol. The van der Waals surface area contributed by atoms with Crippen molar-refractivity contribution >= 4 is 10.0 Å². The zero-order chi connectivity index (χ0) is 14.6. The van der Waals surface area contributed by atoms with Crippen molar-refractivity contribution in [3.05, 3.63) is 29.8 Å². The Morgan fingerprint density at radius 1 is 1.26 bits per heavy atom. The third-order valence-corrected chi connectivity index (χ3v) is 5.05. The van der Waals surface area contributed by atoms with Crippen LogP contribution in [0.2, 0.25) is 0 Å². The molecule has 1 rings (SSSR count). The van der Waals surface area contributed by atoms with Crippen LogP contribution in [0.4, 0.5) is 0 Å². The van der Waals surface area contributed by atoms with E-state index < -0.39 is 16.1 Å². The highest BCUT2D eigenvalue weighted by molar-refractivity contribution is 7.89. The third kappa shape index (κ3) is 3.76. The van der Waals surface area contributed by atoms with Crippen LogP contribution in [0.3, 0.4) is 0 Å². The van der Waals surface area contributed by atoms with E-state index in [-0.39, 0.29) is 10.9 Å². The number of benzene rings is 1. The summed E-state index contributed by atoms with van der Waals surface area (Å²) in [5.74, 6) is 0. The Bertz CT molecular complexity index is 496. The summed E-state index contributed by atoms with van der Waals surface area (Å²) in [6, 6.07) is 6.01. The first kappa shape index (κ1) is 16.1. The van der Waals surface area contributed by atoms with Crippen LogP contribution in [0, 0.1) is 0 Å². The summed E-state index contributed by atoms with van der Waals surface area (Å²) in [5.41, 5.74) is 0.687. The lowest BCUT2D eigenvalue weighted by Gasteiger charge is -2.23. The summed E-state index contributed by atoms with van der Waals surface area (Å²) in [5, 5.41) is 9.41. The Labute approximate surface area is 114 Å². The molecule has 0 amide bonds. The number of aliphatic hydroxyl groups is 1. The van der Waals surface area contributed by atoms with Crippen LogP contribution < -0.4 is 0 Å². The van der Waals surface area contributed by atoms with E-state index in [0.717, 1.165) is 0 Å². The van der Waals surface area contributed by atoms with Crippen LogP contribution >= 0.6 is 0 Å². The molecule has 0 aromatic heterocycles. The average Bonchev–Trinajstić information content (AvgIpc) is 2.38. The van der Waals surface area contributed by atoms with E-state index in [1.165, 1.54) is 30.6 Å². The Morgan fingerprint density at radius 3 is 2.21 bits per heavy atom. The summed E-state index contributed by atoms with van der Waals surface area (Å²) in [7, 11) is -0.466. The zero-order valence-corrected chi connectivity index (χ0v) is 12.5. The molecule has 0 spiro atoms. The van der Waals surface area contributed by atoms with Gasteiger partial charge in [0, 0.05) is 20.2 Å². The van der Waals surface area contributed by atoms with Crippen molar-refractivity contribution in [3.8, 4) is 0 Å². The van der Waals surface area contributed by atoms with Crippen molar-refractivity contribution in [2.45, 2.75) is 30.9 Å². The van der Waals surface area contributed by atoms with Gasteiger partial charge in [-0.2, -0.15) is 4.31 Å². The molecule has 0 aliphatic heterocycles. The molecule has 0 radical (unpaired) electrons. The van der Waals surface area contributed by atoms with Crippen molar-refractivity contribution in [3.63, 3.8) is 0 Å². The van der Waals surface area contributed by atoms with Gasteiger partial charge >= 0.3 is 0 Å². The first-order chi connectivity index (χ1) is 8.80. The van der Waals surface area contributed by atoms with Gasteiger partial charge in [-0.05, 0) is 31.5 Å². The minimum absolute atomic E-state index is 0.211. The van der Waals surface area contributed by atoms with Gasteiger partial charge in [0.1, 0.15) is 0 Å². The molecule has 0 heterocycles. The zero-order valence-electron chi connectivity index (χ0n) is 11.7. The summed E-state index contributed by atoms with van der Waals surface area (Å²) in [4.78, 5) is 0.211. The Morgan fingerprint density at radius 2 is 1.79 bits per heavy atom. The normalized spacial score (nSPS) is 15.5. The van der Waals surface area contributed by atoms with E-state index in [1.807, 2.05) is 0 Å². The number of aliphatic hydroxyl groups excluding tert-OH is 1. The fraction of sp³-hybridized carbons (Fsp3) is 0.538. The van der Waals surface area contributed by atoms with E-state index in [4.69, 9.17) is 4.74 Å². The maximum Gasteiger partial charge on any atom is 0.243 e. The fourth-order valence-corrected chi connectivity index (χ4v) is 3.01. The summed E-state index contributed by atoms with van der Waals surface area (Å²) >= 11 is 0. The molecular formula is C13H21NO4S. The Balaban J connectivity index is 3.00. The molecule has 2 unspecified atom stereocenters. The van der Waals surface area contributed by atoms with Crippen molar-refractivity contribution in [1.82, 2.24) is 4.31 Å². The predicted molar refractivity (Wildman–Crippen MR) is 73.4 cm³/mol. The molecule has 108 valence electrons. The molecule has 0 aliphatic rings. The smallest absolute Gasteiger partial charge is 0.243 e. The molecule has 0 saturated heterocycles. The Kier molecular flexibility index (Phi) is 5.49. The minimum Gasteiger partial charge on any atom is -0.389 e. The second-order valence-corrected chi connectivity index (χ2v) is 6.57. The standard InChI is InChI=1S/C13H21NO4S/c1-10(9-18-4)14(3)19(16,17)13-7-5-12(6-8-13)11(2)15/h5-8,10-11,15H,9H2,1-4H3. The van der Waals surface area contributed by atoms with Gasteiger partial charge in [-0.25, -0.2) is 8.42 Å². The van der Waals surface area contributed by atoms with E-state index in [9.17, 15) is 13.5 Å². The third-order valence-electron chi connectivity index (χ3n) is 3.07. The van der Waals surface area contributed by atoms with Gasteiger partial charge in [-0.1, -0.05) is 12.1 Å². The summed E-state index contributed by atoms with van der Waals surface area (Å²) in [6.45, 7) is 3.75. The van der Waals surface area contributed by atoms with Gasteiger partial charge in [0.25, 0.3) is 0 Å². The SMILES string of the molecule is COCC(C)N(C)S(=O)(=O)c1ccc(C(C)O)cc1. The summed E-state index contributed by atoms with van der Waals surface area (Å²) < 4.78 is 30.9. The maximum absolute atomic E-state index is 12.3. The van der Waals surface area contributed by atoms with Crippen LogP contribution in [0.1, 0.15) is 25.5 Å². The molecule has 1 N–H and O–H groups in total. The molecule has 0 saturated carbocycles. The first-order valence-corrected chi connectivity index (χ1v) is 7.49. The lowest BCUT2D eigenvalue weighted by Crippen LogP contribution is -2.37. The molecule has 0 fully saturated rings.